The molecule has 0 spiro atoms. The van der Waals surface area contributed by atoms with E-state index in [4.69, 9.17) is 9.47 Å². The molecule has 2 heterocycles. The van der Waals surface area contributed by atoms with Gasteiger partial charge in [0.2, 0.25) is 17.7 Å². The van der Waals surface area contributed by atoms with Crippen LogP contribution in [-0.2, 0) is 46.4 Å². The number of Topliss-reactive ketones (excluding diaryl/α,β-unsaturated/α-hetero) is 1. The van der Waals surface area contributed by atoms with Crippen molar-refractivity contribution in [3.05, 3.63) is 66.0 Å². The van der Waals surface area contributed by atoms with Gasteiger partial charge >= 0.3 is 5.97 Å². The van der Waals surface area contributed by atoms with Gasteiger partial charge in [0.25, 0.3) is 0 Å². The number of likely N-dealkylation sites (N-methyl/N-ethyl adjacent to an activating group) is 2. The molecule has 3 rings (SSSR count). The van der Waals surface area contributed by atoms with Gasteiger partial charge in [-0.05, 0) is 60.9 Å². The van der Waals surface area contributed by atoms with Crippen LogP contribution in [0.5, 0.6) is 0 Å². The Hall–Kier alpha value is -4.20. The van der Waals surface area contributed by atoms with Crippen molar-refractivity contribution in [1.82, 2.24) is 25.0 Å². The fraction of sp³-hybridized carbons (Fsp3) is 0.652. The van der Waals surface area contributed by atoms with Gasteiger partial charge in [-0.2, -0.15) is 0 Å². The van der Waals surface area contributed by atoms with E-state index < -0.39 is 54.0 Å². The van der Waals surface area contributed by atoms with Crippen LogP contribution in [0.2, 0.25) is 0 Å². The SMILES string of the molecule is CC[C@H](C)[C@@H]([C@@H](CC(=O)N1CCC[C@H]1[C@H](OC)[C@@H](C)C(=O)N[C@@H](Cc1ccccc1)C(=O)O)OC)N(C)C(=O)[C@@H](CC(=O)[C@H](C(C)C)N(C)Cc1ccncc1)C(C)C. The van der Waals surface area contributed by atoms with Crippen molar-refractivity contribution in [3.63, 3.8) is 0 Å². The van der Waals surface area contributed by atoms with Crippen molar-refractivity contribution < 1.29 is 38.6 Å². The second-order valence-corrected chi connectivity index (χ2v) is 17.2. The summed E-state index contributed by atoms with van der Waals surface area (Å²) < 4.78 is 12.0. The van der Waals surface area contributed by atoms with E-state index in [9.17, 15) is 29.1 Å². The number of ketones is 1. The number of hydrogen-bond donors (Lipinski definition) is 2. The number of ether oxygens (including phenoxy) is 2. The van der Waals surface area contributed by atoms with Crippen molar-refractivity contribution in [2.75, 3.05) is 34.9 Å². The minimum atomic E-state index is -1.14. The van der Waals surface area contributed by atoms with Gasteiger partial charge in [0.15, 0.2) is 5.78 Å². The summed E-state index contributed by atoms with van der Waals surface area (Å²) in [5.41, 5.74) is 1.84. The Kier molecular flexibility index (Phi) is 19.6. The van der Waals surface area contributed by atoms with Crippen molar-refractivity contribution in [2.24, 2.45) is 29.6 Å². The first-order valence-electron chi connectivity index (χ1n) is 21.3. The highest BCUT2D eigenvalue weighted by molar-refractivity contribution is 5.90. The Balaban J connectivity index is 1.78. The molecule has 9 atom stereocenters. The zero-order valence-corrected chi connectivity index (χ0v) is 37.3. The van der Waals surface area contributed by atoms with E-state index in [0.29, 0.717) is 25.9 Å². The summed E-state index contributed by atoms with van der Waals surface area (Å²) in [5, 5.41) is 12.6. The first kappa shape index (κ1) is 49.2. The number of carbonyl (C=O) groups excluding carboxylic acids is 4. The zero-order chi connectivity index (χ0) is 44.0. The molecule has 1 aromatic heterocycles. The van der Waals surface area contributed by atoms with Crippen molar-refractivity contribution in [2.45, 2.75) is 130 Å². The van der Waals surface area contributed by atoms with Gasteiger partial charge in [-0.3, -0.25) is 29.1 Å². The summed E-state index contributed by atoms with van der Waals surface area (Å²) in [5.74, 6) is -3.39. The number of hydrogen-bond acceptors (Lipinski definition) is 9. The Morgan fingerprint density at radius 1 is 0.898 bits per heavy atom. The highest BCUT2D eigenvalue weighted by Gasteiger charge is 2.43. The predicted octanol–water partition coefficient (Wildman–Crippen LogP) is 5.50. The molecule has 1 aliphatic heterocycles. The van der Waals surface area contributed by atoms with Gasteiger partial charge in [-0.25, -0.2) is 4.79 Å². The Bertz CT molecular complexity index is 1640. The maximum absolute atomic E-state index is 14.5. The number of methoxy groups -OCH3 is 2. The lowest BCUT2D eigenvalue weighted by atomic mass is 9.83. The number of benzene rings is 1. The van der Waals surface area contributed by atoms with Crippen LogP contribution in [0.15, 0.2) is 54.9 Å². The molecule has 13 nitrogen and oxygen atoms in total. The minimum Gasteiger partial charge on any atom is -0.480 e. The lowest BCUT2D eigenvalue weighted by Gasteiger charge is -2.41. The Morgan fingerprint density at radius 2 is 1.54 bits per heavy atom. The maximum atomic E-state index is 14.5. The second-order valence-electron chi connectivity index (χ2n) is 17.2. The van der Waals surface area contributed by atoms with E-state index in [2.05, 4.69) is 10.3 Å². The van der Waals surface area contributed by atoms with Crippen LogP contribution in [0.1, 0.15) is 91.7 Å². The van der Waals surface area contributed by atoms with Gasteiger partial charge < -0.3 is 29.7 Å². The molecule has 1 fully saturated rings. The number of aromatic nitrogens is 1. The molecule has 1 saturated heterocycles. The molecule has 328 valence electrons. The molecule has 59 heavy (non-hydrogen) atoms. The number of carbonyl (C=O) groups is 5. The lowest BCUT2D eigenvalue weighted by molar-refractivity contribution is -0.149. The van der Waals surface area contributed by atoms with Crippen LogP contribution in [0.3, 0.4) is 0 Å². The average Bonchev–Trinajstić information content (AvgIpc) is 3.69. The van der Waals surface area contributed by atoms with E-state index in [1.807, 2.05) is 96.0 Å². The number of pyridine rings is 1. The summed E-state index contributed by atoms with van der Waals surface area (Å²) in [6.45, 7) is 14.8. The van der Waals surface area contributed by atoms with Gasteiger partial charge in [0.05, 0.1) is 42.7 Å². The third-order valence-electron chi connectivity index (χ3n) is 12.3. The highest BCUT2D eigenvalue weighted by atomic mass is 16.5. The van der Waals surface area contributed by atoms with Crippen molar-refractivity contribution in [3.8, 4) is 0 Å². The first-order valence-corrected chi connectivity index (χ1v) is 21.3. The quantitative estimate of drug-likeness (QED) is 0.139. The number of nitrogens with one attached hydrogen (secondary N) is 1. The molecule has 0 aliphatic carbocycles. The van der Waals surface area contributed by atoms with Crippen LogP contribution >= 0.6 is 0 Å². The summed E-state index contributed by atoms with van der Waals surface area (Å²) in [6, 6.07) is 10.6. The van der Waals surface area contributed by atoms with E-state index >= 15 is 0 Å². The lowest BCUT2D eigenvalue weighted by Crippen LogP contribution is -2.55. The topological polar surface area (TPSA) is 159 Å². The molecule has 1 aromatic carbocycles. The Morgan fingerprint density at radius 3 is 2.08 bits per heavy atom. The van der Waals surface area contributed by atoms with Gasteiger partial charge in [0, 0.05) is 65.5 Å². The molecule has 0 radical (unpaired) electrons. The molecule has 0 unspecified atom stereocenters. The normalized spacial score (nSPS) is 18.5. The minimum absolute atomic E-state index is 0.00466. The summed E-state index contributed by atoms with van der Waals surface area (Å²) >= 11 is 0. The van der Waals surface area contributed by atoms with Crippen LogP contribution < -0.4 is 5.32 Å². The first-order chi connectivity index (χ1) is 28.0. The van der Waals surface area contributed by atoms with Gasteiger partial charge in [-0.1, -0.05) is 85.2 Å². The molecular weight excluding hydrogens is 751 g/mol. The van der Waals surface area contributed by atoms with E-state index in [1.165, 1.54) is 7.11 Å². The summed E-state index contributed by atoms with van der Waals surface area (Å²) in [7, 11) is 6.76. The number of rotatable bonds is 24. The van der Waals surface area contributed by atoms with Crippen molar-refractivity contribution >= 4 is 29.5 Å². The average molecular weight is 822 g/mol. The molecule has 0 bridgehead atoms. The molecule has 2 N–H and O–H groups in total. The predicted molar refractivity (Wildman–Crippen MR) is 228 cm³/mol. The standard InChI is InChI=1S/C46H71N5O8/c1-12-31(6)42(50(9)45(55)35(29(2)3)26-38(52)41(30(4)5)49(8)28-34-20-22-47-23-21-34)39(58-10)27-40(53)51-24-16-19-37(51)43(59-11)32(7)44(54)48-36(46(56)57)25-33-17-14-13-15-18-33/h13-15,17-18,20-23,29-32,35-37,39,41-43H,12,16,19,24-28H2,1-11H3,(H,48,54)(H,56,57)/t31-,32+,35-,36-,37-,39+,41-,42-,43+/m0/s1. The fourth-order valence-corrected chi connectivity index (χ4v) is 8.87. The van der Waals surface area contributed by atoms with Crippen LogP contribution in [0, 0.1) is 29.6 Å². The molecule has 2 aromatic rings. The summed E-state index contributed by atoms with van der Waals surface area (Å²) in [4.78, 5) is 78.2. The molecule has 1 aliphatic rings. The number of amides is 3. The molecule has 3 amide bonds. The van der Waals surface area contributed by atoms with Crippen molar-refractivity contribution in [1.29, 1.82) is 0 Å². The zero-order valence-electron chi connectivity index (χ0n) is 37.3. The number of carboxylic acids is 1. The molecule has 13 heteroatoms. The smallest absolute Gasteiger partial charge is 0.326 e. The second kappa shape index (κ2) is 23.6. The van der Waals surface area contributed by atoms with Crippen LogP contribution in [0.4, 0.5) is 0 Å². The van der Waals surface area contributed by atoms with Crippen LogP contribution in [-0.4, -0.2) is 125 Å². The third kappa shape index (κ3) is 13.4. The van der Waals surface area contributed by atoms with E-state index in [1.54, 1.807) is 43.3 Å². The number of carboxylic acid groups (broad SMARTS) is 1. The van der Waals surface area contributed by atoms with Gasteiger partial charge in [-0.15, -0.1) is 0 Å². The number of nitrogens with zero attached hydrogens (tertiary/aromatic N) is 4. The van der Waals surface area contributed by atoms with E-state index in [0.717, 1.165) is 17.5 Å². The molecular formula is C46H71N5O8. The van der Waals surface area contributed by atoms with Gasteiger partial charge in [0.1, 0.15) is 6.04 Å². The monoisotopic (exact) mass is 822 g/mol. The van der Waals surface area contributed by atoms with Crippen LogP contribution in [0.25, 0.3) is 0 Å². The number of likely N-dealkylation sites (tertiary alicyclic amines) is 1. The highest BCUT2D eigenvalue weighted by Crippen LogP contribution is 2.31. The summed E-state index contributed by atoms with van der Waals surface area (Å²) in [6.07, 6.45) is 4.40. The number of aliphatic carboxylic acids is 1. The maximum Gasteiger partial charge on any atom is 0.326 e. The largest absolute Gasteiger partial charge is 0.480 e. The molecule has 0 saturated carbocycles. The third-order valence-corrected chi connectivity index (χ3v) is 12.3. The Labute approximate surface area is 352 Å². The fourth-order valence-electron chi connectivity index (χ4n) is 8.87. The van der Waals surface area contributed by atoms with E-state index in [-0.39, 0.29) is 60.7 Å².